The Morgan fingerprint density at radius 2 is 1.95 bits per heavy atom. The normalized spacial score (nSPS) is 42.5. The number of fused-ring (bicyclic) bond motifs is 5. The summed E-state index contributed by atoms with van der Waals surface area (Å²) >= 11 is 0. The highest BCUT2D eigenvalue weighted by Crippen LogP contribution is 2.62. The van der Waals surface area contributed by atoms with E-state index in [1.54, 1.807) is 0 Å². The van der Waals surface area contributed by atoms with E-state index in [-0.39, 0.29) is 5.41 Å². The average Bonchev–Trinajstić information content (AvgIpc) is 2.88. The molecule has 0 bridgehead atoms. The molecule has 0 spiro atoms. The zero-order valence-corrected chi connectivity index (χ0v) is 12.4. The van der Waals surface area contributed by atoms with Crippen molar-refractivity contribution in [2.24, 2.45) is 17.3 Å². The molecule has 0 radical (unpaired) electrons. The molecule has 20 heavy (non-hydrogen) atoms. The van der Waals surface area contributed by atoms with Gasteiger partial charge in [-0.2, -0.15) is 0 Å². The minimum absolute atomic E-state index is 0.163. The molecular formula is C19H24O. The fraction of sp³-hybridized carbons (Fsp3) is 0.632. The highest BCUT2D eigenvalue weighted by atomic mass is 16.1. The zero-order valence-electron chi connectivity index (χ0n) is 12.4. The second kappa shape index (κ2) is 4.19. The standard InChI is InChI=1S/C19H24O/c1-18-10-4-7-16(18)17-9-8-14-5-2-3-6-15(14)19(17,13-20)12-11-18/h2-3,5-6,13,16-17H,4,7-12H2,1H3/t16-,17-,18-,19-/m0/s1. The number of hydrogen-bond acceptors (Lipinski definition) is 1. The monoisotopic (exact) mass is 268 g/mol. The van der Waals surface area contributed by atoms with E-state index in [2.05, 4.69) is 31.2 Å². The summed E-state index contributed by atoms with van der Waals surface area (Å²) in [5, 5.41) is 0. The highest BCUT2D eigenvalue weighted by Gasteiger charge is 2.57. The second-order valence-electron chi connectivity index (χ2n) is 7.61. The molecule has 1 aromatic carbocycles. The molecule has 3 aliphatic carbocycles. The lowest BCUT2D eigenvalue weighted by atomic mass is 9.49. The van der Waals surface area contributed by atoms with Gasteiger partial charge < -0.3 is 4.79 Å². The molecule has 0 heterocycles. The van der Waals surface area contributed by atoms with Crippen LogP contribution < -0.4 is 0 Å². The van der Waals surface area contributed by atoms with E-state index in [4.69, 9.17) is 0 Å². The van der Waals surface area contributed by atoms with Crippen LogP contribution in [0, 0.1) is 17.3 Å². The summed E-state index contributed by atoms with van der Waals surface area (Å²) in [6.07, 6.45) is 10.1. The van der Waals surface area contributed by atoms with E-state index in [9.17, 15) is 4.79 Å². The van der Waals surface area contributed by atoms with E-state index in [1.165, 1.54) is 55.9 Å². The van der Waals surface area contributed by atoms with Crippen LogP contribution in [0.15, 0.2) is 24.3 Å². The Morgan fingerprint density at radius 3 is 2.80 bits per heavy atom. The quantitative estimate of drug-likeness (QED) is 0.695. The molecule has 0 amide bonds. The molecule has 1 aromatic rings. The summed E-state index contributed by atoms with van der Waals surface area (Å²) < 4.78 is 0. The van der Waals surface area contributed by atoms with Crippen LogP contribution in [-0.2, 0) is 16.6 Å². The van der Waals surface area contributed by atoms with Crippen LogP contribution in [0.1, 0.15) is 56.6 Å². The number of carbonyl (C=O) groups excluding carboxylic acids is 1. The SMILES string of the molecule is C[C@@]12CCC[C@H]1[C@@H]1CCc3ccccc3[C@@]1(C=O)CC2. The van der Waals surface area contributed by atoms with Gasteiger partial charge in [-0.1, -0.05) is 37.6 Å². The van der Waals surface area contributed by atoms with Gasteiger partial charge in [0.1, 0.15) is 6.29 Å². The predicted octanol–water partition coefficient (Wildman–Crippen LogP) is 4.29. The average molecular weight is 268 g/mol. The molecule has 4 rings (SSSR count). The van der Waals surface area contributed by atoms with E-state index >= 15 is 0 Å². The van der Waals surface area contributed by atoms with Crippen molar-refractivity contribution in [1.29, 1.82) is 0 Å². The van der Waals surface area contributed by atoms with Gasteiger partial charge in [-0.25, -0.2) is 0 Å². The van der Waals surface area contributed by atoms with E-state index in [1.807, 2.05) is 0 Å². The van der Waals surface area contributed by atoms with E-state index < -0.39 is 0 Å². The number of benzene rings is 1. The molecule has 0 unspecified atom stereocenters. The summed E-state index contributed by atoms with van der Waals surface area (Å²) in [6, 6.07) is 8.71. The summed E-state index contributed by atoms with van der Waals surface area (Å²) in [7, 11) is 0. The number of hydrogen-bond donors (Lipinski definition) is 0. The van der Waals surface area contributed by atoms with Crippen molar-refractivity contribution in [3.63, 3.8) is 0 Å². The van der Waals surface area contributed by atoms with Crippen molar-refractivity contribution in [1.82, 2.24) is 0 Å². The number of carbonyl (C=O) groups is 1. The van der Waals surface area contributed by atoms with E-state index in [0.29, 0.717) is 11.3 Å². The van der Waals surface area contributed by atoms with Gasteiger partial charge in [-0.15, -0.1) is 0 Å². The summed E-state index contributed by atoms with van der Waals surface area (Å²) in [5.41, 5.74) is 3.14. The van der Waals surface area contributed by atoms with Crippen LogP contribution in [0.25, 0.3) is 0 Å². The molecule has 4 atom stereocenters. The Kier molecular flexibility index (Phi) is 2.64. The Labute approximate surface area is 121 Å². The molecule has 2 fully saturated rings. The smallest absolute Gasteiger partial charge is 0.130 e. The third-order valence-electron chi connectivity index (χ3n) is 6.87. The van der Waals surface area contributed by atoms with Crippen LogP contribution in [-0.4, -0.2) is 6.29 Å². The van der Waals surface area contributed by atoms with Gasteiger partial charge in [0.2, 0.25) is 0 Å². The number of rotatable bonds is 1. The first kappa shape index (κ1) is 12.6. The van der Waals surface area contributed by atoms with Gasteiger partial charge in [-0.3, -0.25) is 0 Å². The summed E-state index contributed by atoms with van der Waals surface area (Å²) in [4.78, 5) is 12.2. The number of aryl methyl sites for hydroxylation is 1. The van der Waals surface area contributed by atoms with Crippen LogP contribution in [0.3, 0.4) is 0 Å². The van der Waals surface area contributed by atoms with Crippen molar-refractivity contribution < 1.29 is 4.79 Å². The maximum atomic E-state index is 12.2. The number of aldehydes is 1. The van der Waals surface area contributed by atoms with Gasteiger partial charge in [0, 0.05) is 0 Å². The van der Waals surface area contributed by atoms with E-state index in [0.717, 1.165) is 12.3 Å². The third kappa shape index (κ3) is 1.47. The molecule has 1 nitrogen and oxygen atoms in total. The van der Waals surface area contributed by atoms with Crippen LogP contribution >= 0.6 is 0 Å². The molecule has 0 aromatic heterocycles. The molecule has 0 aliphatic heterocycles. The minimum atomic E-state index is -0.163. The molecular weight excluding hydrogens is 244 g/mol. The van der Waals surface area contributed by atoms with Gasteiger partial charge >= 0.3 is 0 Å². The van der Waals surface area contributed by atoms with Crippen molar-refractivity contribution in [2.75, 3.05) is 0 Å². The van der Waals surface area contributed by atoms with Gasteiger partial charge in [-0.05, 0) is 66.9 Å². The zero-order chi connectivity index (χ0) is 13.8. The van der Waals surface area contributed by atoms with Gasteiger partial charge in [0.05, 0.1) is 5.41 Å². The second-order valence-corrected chi connectivity index (χ2v) is 7.61. The molecule has 2 saturated carbocycles. The Bertz CT molecular complexity index is 548. The lowest BCUT2D eigenvalue weighted by Gasteiger charge is -2.54. The van der Waals surface area contributed by atoms with Crippen LogP contribution in [0.4, 0.5) is 0 Å². The third-order valence-corrected chi connectivity index (χ3v) is 6.87. The van der Waals surface area contributed by atoms with Crippen LogP contribution in [0.5, 0.6) is 0 Å². The maximum absolute atomic E-state index is 12.2. The topological polar surface area (TPSA) is 17.1 Å². The minimum Gasteiger partial charge on any atom is -0.302 e. The fourth-order valence-corrected chi connectivity index (χ4v) is 5.80. The van der Waals surface area contributed by atoms with Gasteiger partial charge in [0.15, 0.2) is 0 Å². The first-order valence-corrected chi connectivity index (χ1v) is 8.24. The molecule has 3 aliphatic rings. The Balaban J connectivity index is 1.85. The molecule has 106 valence electrons. The first-order valence-electron chi connectivity index (χ1n) is 8.24. The molecule has 0 saturated heterocycles. The van der Waals surface area contributed by atoms with Crippen molar-refractivity contribution in [3.05, 3.63) is 35.4 Å². The summed E-state index contributed by atoms with van der Waals surface area (Å²) in [6.45, 7) is 2.49. The van der Waals surface area contributed by atoms with Crippen molar-refractivity contribution in [3.8, 4) is 0 Å². The van der Waals surface area contributed by atoms with Crippen molar-refractivity contribution in [2.45, 2.75) is 57.3 Å². The predicted molar refractivity (Wildman–Crippen MR) is 80.7 cm³/mol. The molecule has 1 heteroatoms. The Hall–Kier alpha value is -1.11. The first-order chi connectivity index (χ1) is 9.70. The lowest BCUT2D eigenvalue weighted by molar-refractivity contribution is -0.120. The Morgan fingerprint density at radius 1 is 1.10 bits per heavy atom. The highest BCUT2D eigenvalue weighted by molar-refractivity contribution is 5.72. The van der Waals surface area contributed by atoms with Gasteiger partial charge in [0.25, 0.3) is 0 Å². The lowest BCUT2D eigenvalue weighted by Crippen LogP contribution is -2.51. The van der Waals surface area contributed by atoms with Crippen LogP contribution in [0.2, 0.25) is 0 Å². The largest absolute Gasteiger partial charge is 0.302 e. The molecule has 0 N–H and O–H groups in total. The maximum Gasteiger partial charge on any atom is 0.130 e. The summed E-state index contributed by atoms with van der Waals surface area (Å²) in [5.74, 6) is 1.37. The van der Waals surface area contributed by atoms with Crippen molar-refractivity contribution >= 4 is 6.29 Å². The fourth-order valence-electron chi connectivity index (χ4n) is 5.80.